The first-order valence-corrected chi connectivity index (χ1v) is 10.0. The first-order chi connectivity index (χ1) is 13.9. The number of imide groups is 1. The maximum atomic E-state index is 13.0. The molecule has 0 radical (unpaired) electrons. The molecule has 0 bridgehead atoms. The maximum Gasteiger partial charge on any atom is 0.277 e. The van der Waals surface area contributed by atoms with E-state index < -0.39 is 0 Å². The third-order valence-electron chi connectivity index (χ3n) is 4.83. The molecule has 0 saturated carbocycles. The molecule has 0 spiro atoms. The van der Waals surface area contributed by atoms with Crippen molar-refractivity contribution in [2.75, 3.05) is 20.2 Å². The number of carbonyl (C=O) groups excluding carboxylic acids is 2. The van der Waals surface area contributed by atoms with Crippen molar-refractivity contribution in [1.82, 2.24) is 9.80 Å². The van der Waals surface area contributed by atoms with E-state index >= 15 is 0 Å². The van der Waals surface area contributed by atoms with E-state index in [1.165, 1.54) is 4.90 Å². The Labute approximate surface area is 172 Å². The van der Waals surface area contributed by atoms with Crippen molar-refractivity contribution in [3.8, 4) is 5.75 Å². The summed E-state index contributed by atoms with van der Waals surface area (Å²) in [5, 5.41) is 0. The van der Waals surface area contributed by atoms with Gasteiger partial charge in [-0.2, -0.15) is 0 Å². The van der Waals surface area contributed by atoms with Crippen LogP contribution in [0.5, 0.6) is 5.75 Å². The minimum Gasteiger partial charge on any atom is -0.493 e. The Hall–Kier alpha value is -3.08. The smallest absolute Gasteiger partial charge is 0.277 e. The van der Waals surface area contributed by atoms with Crippen LogP contribution in [0.3, 0.4) is 0 Å². The molecule has 152 valence electrons. The van der Waals surface area contributed by atoms with Gasteiger partial charge in [-0.15, -0.1) is 0 Å². The highest BCUT2D eigenvalue weighted by Crippen LogP contribution is 2.32. The van der Waals surface area contributed by atoms with Crippen molar-refractivity contribution < 1.29 is 14.3 Å². The molecular weight excluding hydrogens is 364 g/mol. The number of carbonyl (C=O) groups is 2. The number of hydrogen-bond acceptors (Lipinski definition) is 4. The van der Waals surface area contributed by atoms with E-state index in [9.17, 15) is 9.59 Å². The Morgan fingerprint density at radius 3 is 2.21 bits per heavy atom. The Morgan fingerprint density at radius 2 is 1.62 bits per heavy atom. The van der Waals surface area contributed by atoms with E-state index in [1.54, 1.807) is 0 Å². The van der Waals surface area contributed by atoms with Gasteiger partial charge < -0.3 is 9.64 Å². The number of hydrogen-bond donors (Lipinski definition) is 0. The second-order valence-electron chi connectivity index (χ2n) is 7.65. The fourth-order valence-electron chi connectivity index (χ4n) is 3.38. The normalized spacial score (nSPS) is 14.2. The summed E-state index contributed by atoms with van der Waals surface area (Å²) in [6, 6.07) is 17.3. The lowest BCUT2D eigenvalue weighted by molar-refractivity contribution is -0.137. The zero-order valence-corrected chi connectivity index (χ0v) is 17.5. The van der Waals surface area contributed by atoms with Gasteiger partial charge in [0.15, 0.2) is 0 Å². The van der Waals surface area contributed by atoms with Crippen LogP contribution >= 0.6 is 0 Å². The molecule has 0 aromatic heterocycles. The van der Waals surface area contributed by atoms with Crippen molar-refractivity contribution in [2.45, 2.75) is 27.3 Å². The second kappa shape index (κ2) is 8.95. The first-order valence-electron chi connectivity index (χ1n) is 10.0. The molecule has 0 atom stereocenters. The number of nitrogens with zero attached hydrogens (tertiary/aromatic N) is 2. The molecule has 0 N–H and O–H groups in total. The van der Waals surface area contributed by atoms with Crippen LogP contribution in [0.25, 0.3) is 5.57 Å². The minimum absolute atomic E-state index is 0.244. The highest BCUT2D eigenvalue weighted by Gasteiger charge is 2.39. The predicted molar refractivity (Wildman–Crippen MR) is 114 cm³/mol. The molecule has 1 aliphatic rings. The van der Waals surface area contributed by atoms with Gasteiger partial charge in [0.2, 0.25) is 0 Å². The lowest BCUT2D eigenvalue weighted by atomic mass is 10.0. The molecule has 0 aliphatic carbocycles. The van der Waals surface area contributed by atoms with Gasteiger partial charge in [0.25, 0.3) is 11.8 Å². The lowest BCUT2D eigenvalue weighted by Gasteiger charge is -2.21. The molecule has 5 nitrogen and oxygen atoms in total. The summed E-state index contributed by atoms with van der Waals surface area (Å²) in [6.45, 7) is 7.53. The summed E-state index contributed by atoms with van der Waals surface area (Å²) in [5.74, 6) is 0.698. The fourth-order valence-corrected chi connectivity index (χ4v) is 3.38. The second-order valence-corrected chi connectivity index (χ2v) is 7.65. The number of benzene rings is 2. The number of rotatable bonds is 8. The van der Waals surface area contributed by atoms with Gasteiger partial charge in [0.05, 0.1) is 12.2 Å². The molecule has 29 heavy (non-hydrogen) atoms. The van der Waals surface area contributed by atoms with Gasteiger partial charge in [-0.3, -0.25) is 14.5 Å². The Bertz CT molecular complexity index is 901. The van der Waals surface area contributed by atoms with Crippen LogP contribution in [0.4, 0.5) is 0 Å². The third-order valence-corrected chi connectivity index (χ3v) is 4.83. The van der Waals surface area contributed by atoms with Crippen LogP contribution < -0.4 is 4.74 Å². The summed E-state index contributed by atoms with van der Waals surface area (Å²) in [6.07, 6.45) is 0. The van der Waals surface area contributed by atoms with Crippen molar-refractivity contribution in [2.24, 2.45) is 5.92 Å². The molecule has 2 amide bonds. The predicted octanol–water partition coefficient (Wildman–Crippen LogP) is 3.95. The van der Waals surface area contributed by atoms with Crippen molar-refractivity contribution in [3.63, 3.8) is 0 Å². The van der Waals surface area contributed by atoms with Crippen molar-refractivity contribution in [3.05, 3.63) is 71.4 Å². The molecule has 0 fully saturated rings. The minimum atomic E-state index is -0.247. The number of ether oxygens (including phenoxy) is 1. The summed E-state index contributed by atoms with van der Waals surface area (Å²) in [7, 11) is 1.85. The van der Waals surface area contributed by atoms with Gasteiger partial charge in [-0.05, 0) is 36.1 Å². The monoisotopic (exact) mass is 392 g/mol. The SMILES string of the molecule is CCN1C(=O)C(c2ccc(OCC(C)C)cc2)=C(N(C)Cc2ccccc2)C1=O. The van der Waals surface area contributed by atoms with Crippen LogP contribution in [0, 0.1) is 5.92 Å². The molecular formula is C24H28N2O3. The van der Waals surface area contributed by atoms with Crippen LogP contribution in [0.2, 0.25) is 0 Å². The van der Waals surface area contributed by atoms with E-state index in [-0.39, 0.29) is 11.8 Å². The molecule has 0 saturated heterocycles. The largest absolute Gasteiger partial charge is 0.493 e. The Balaban J connectivity index is 1.94. The molecule has 5 heteroatoms. The molecule has 1 aliphatic heterocycles. The standard InChI is InChI=1S/C24H28N2O3/c1-5-26-23(27)21(19-11-13-20(14-12-19)29-16-17(2)3)22(24(26)28)25(4)15-18-9-7-6-8-10-18/h6-14,17H,5,15-16H2,1-4H3. The average molecular weight is 392 g/mol. The van der Waals surface area contributed by atoms with Crippen LogP contribution in [0.15, 0.2) is 60.3 Å². The summed E-state index contributed by atoms with van der Waals surface area (Å²) in [4.78, 5) is 29.2. The molecule has 3 rings (SSSR count). The quantitative estimate of drug-likeness (QED) is 0.638. The first kappa shape index (κ1) is 20.6. The lowest BCUT2D eigenvalue weighted by Crippen LogP contribution is -2.33. The molecule has 1 heterocycles. The van der Waals surface area contributed by atoms with Crippen LogP contribution in [-0.4, -0.2) is 41.8 Å². The van der Waals surface area contributed by atoms with Gasteiger partial charge in [0, 0.05) is 20.1 Å². The van der Waals surface area contributed by atoms with E-state index in [2.05, 4.69) is 13.8 Å². The Kier molecular flexibility index (Phi) is 6.37. The summed E-state index contributed by atoms with van der Waals surface area (Å²) in [5.41, 5.74) is 2.70. The zero-order chi connectivity index (χ0) is 21.0. The molecule has 2 aromatic rings. The van der Waals surface area contributed by atoms with Crippen molar-refractivity contribution >= 4 is 17.4 Å². The van der Waals surface area contributed by atoms with Crippen molar-refractivity contribution in [1.29, 1.82) is 0 Å². The van der Waals surface area contributed by atoms with Gasteiger partial charge in [-0.25, -0.2) is 0 Å². The highest BCUT2D eigenvalue weighted by atomic mass is 16.5. The zero-order valence-electron chi connectivity index (χ0n) is 17.5. The van der Waals surface area contributed by atoms with E-state index in [0.29, 0.717) is 36.9 Å². The summed E-state index contributed by atoms with van der Waals surface area (Å²) < 4.78 is 5.74. The topological polar surface area (TPSA) is 49.9 Å². The van der Waals surface area contributed by atoms with E-state index in [1.807, 2.05) is 73.5 Å². The molecule has 0 unspecified atom stereocenters. The van der Waals surface area contributed by atoms with Gasteiger partial charge in [-0.1, -0.05) is 56.3 Å². The summed E-state index contributed by atoms with van der Waals surface area (Å²) >= 11 is 0. The Morgan fingerprint density at radius 1 is 0.966 bits per heavy atom. The highest BCUT2D eigenvalue weighted by molar-refractivity contribution is 6.35. The number of likely N-dealkylation sites (N-methyl/N-ethyl adjacent to an activating group) is 2. The van der Waals surface area contributed by atoms with Crippen LogP contribution in [-0.2, 0) is 16.1 Å². The average Bonchev–Trinajstić information content (AvgIpc) is 2.97. The fraction of sp³-hybridized carbons (Fsp3) is 0.333. The van der Waals surface area contributed by atoms with E-state index in [4.69, 9.17) is 4.74 Å². The van der Waals surface area contributed by atoms with Crippen LogP contribution in [0.1, 0.15) is 31.9 Å². The van der Waals surface area contributed by atoms with E-state index in [0.717, 1.165) is 16.9 Å². The third kappa shape index (κ3) is 4.50. The number of amides is 2. The van der Waals surface area contributed by atoms with Gasteiger partial charge >= 0.3 is 0 Å². The van der Waals surface area contributed by atoms with Gasteiger partial charge in [0.1, 0.15) is 11.4 Å². The maximum absolute atomic E-state index is 13.0. The molecule has 2 aromatic carbocycles.